The van der Waals surface area contributed by atoms with Crippen molar-refractivity contribution in [3.8, 4) is 0 Å². The summed E-state index contributed by atoms with van der Waals surface area (Å²) in [6.07, 6.45) is -0.677. The van der Waals surface area contributed by atoms with Gasteiger partial charge < -0.3 is 10.1 Å². The number of alkyl carbamates (subject to hydrolysis) is 1. The van der Waals surface area contributed by atoms with E-state index in [-0.39, 0.29) is 20.1 Å². The molecule has 1 aromatic carbocycles. The molecule has 0 unspecified atom stereocenters. The summed E-state index contributed by atoms with van der Waals surface area (Å²) >= 11 is 0. The molecule has 1 fully saturated rings. The Kier molecular flexibility index (Phi) is 5.02. The topological polar surface area (TPSA) is 78.9 Å². The molecular weight excluding hydrogens is 280 g/mol. The summed E-state index contributed by atoms with van der Waals surface area (Å²) < 4.78 is 5.01. The number of β-lactam (4-membered cyclic amide) rings is 1. The minimum atomic E-state index is -0.817. The van der Waals surface area contributed by atoms with Crippen molar-refractivity contribution >= 4 is 25.5 Å². The first kappa shape index (κ1) is 16.3. The maximum atomic E-state index is 11.6. The number of carbonyl (C=O) groups excluding carboxylic acids is 2. The smallest absolute Gasteiger partial charge is 0.408 e. The third-order valence-corrected chi connectivity index (χ3v) is 3.18. The van der Waals surface area contributed by atoms with Crippen molar-refractivity contribution in [1.29, 1.82) is 0 Å². The third kappa shape index (κ3) is 3.05. The van der Waals surface area contributed by atoms with E-state index >= 15 is 0 Å². The summed E-state index contributed by atoms with van der Waals surface area (Å²) in [4.78, 5) is 23.0. The molecule has 0 spiro atoms. The number of rotatable bonds is 3. The van der Waals surface area contributed by atoms with Crippen LogP contribution in [0.4, 0.5) is 4.79 Å². The lowest BCUT2D eigenvalue weighted by molar-refractivity contribution is -0.231. The van der Waals surface area contributed by atoms with Crippen molar-refractivity contribution < 1.29 is 19.5 Å². The first-order valence-electron chi connectivity index (χ1n) is 5.93. The van der Waals surface area contributed by atoms with Crippen LogP contribution in [-0.4, -0.2) is 33.9 Å². The molecule has 0 saturated carbocycles. The molecule has 1 aromatic rings. The van der Waals surface area contributed by atoms with Crippen LogP contribution in [0.5, 0.6) is 0 Å². The normalized spacial score (nSPS) is 19.6. The lowest BCUT2D eigenvalue weighted by Gasteiger charge is -2.49. The number of hydrogen-bond donors (Lipinski definition) is 2. The van der Waals surface area contributed by atoms with Crippen LogP contribution in [0.2, 0.25) is 0 Å². The molecule has 2 amide bonds. The second kappa shape index (κ2) is 6.15. The van der Waals surface area contributed by atoms with Gasteiger partial charge in [-0.1, -0.05) is 30.3 Å². The summed E-state index contributed by atoms with van der Waals surface area (Å²) in [5.41, 5.74) is 0.0451. The Morgan fingerprint density at radius 2 is 2.00 bits per heavy atom. The quantitative estimate of drug-likeness (QED) is 0.653. The lowest BCUT2D eigenvalue weighted by atomic mass is 9.85. The number of nitrogens with zero attached hydrogens (tertiary/aromatic N) is 1. The van der Waals surface area contributed by atoms with Crippen LogP contribution in [0.1, 0.15) is 19.4 Å². The first-order chi connectivity index (χ1) is 8.93. The van der Waals surface area contributed by atoms with Crippen LogP contribution in [0.15, 0.2) is 30.3 Å². The lowest BCUT2D eigenvalue weighted by Crippen LogP contribution is -2.75. The Balaban J connectivity index is 0.00000200. The van der Waals surface area contributed by atoms with Crippen molar-refractivity contribution in [3.63, 3.8) is 0 Å². The predicted octanol–water partition coefficient (Wildman–Crippen LogP) is 1.40. The van der Waals surface area contributed by atoms with Gasteiger partial charge >= 0.3 is 6.09 Å². The molecule has 1 heterocycles. The maximum Gasteiger partial charge on any atom is 0.408 e. The zero-order valence-corrected chi connectivity index (χ0v) is 12.3. The molecule has 2 rings (SSSR count). The monoisotopic (exact) mass is 298 g/mol. The SMILES string of the molecule is CC1(C)[C@H](NC(=O)OCc2ccccc2)C(=O)N1O.S. The van der Waals surface area contributed by atoms with Gasteiger partial charge in [0, 0.05) is 0 Å². The van der Waals surface area contributed by atoms with Crippen LogP contribution in [0.25, 0.3) is 0 Å². The number of hydroxylamine groups is 2. The standard InChI is InChI=1S/C13H16N2O4.H2S/c1-13(2)10(11(16)15(13)18)14-12(17)19-8-9-6-4-3-5-7-9;/h3-7,10,18H,8H2,1-2H3,(H,14,17);1H2/t10-;/m1./s1. The highest BCUT2D eigenvalue weighted by molar-refractivity contribution is 7.59. The van der Waals surface area contributed by atoms with Gasteiger partial charge in [-0.15, -0.1) is 0 Å². The van der Waals surface area contributed by atoms with Gasteiger partial charge in [0.15, 0.2) is 0 Å². The fourth-order valence-corrected chi connectivity index (χ4v) is 1.89. The van der Waals surface area contributed by atoms with Gasteiger partial charge in [0.2, 0.25) is 0 Å². The molecule has 7 heteroatoms. The van der Waals surface area contributed by atoms with E-state index in [0.717, 1.165) is 5.56 Å². The first-order valence-corrected chi connectivity index (χ1v) is 5.93. The van der Waals surface area contributed by atoms with Crippen molar-refractivity contribution in [2.75, 3.05) is 0 Å². The molecular formula is C13H18N2O4S. The molecule has 1 saturated heterocycles. The van der Waals surface area contributed by atoms with Crippen molar-refractivity contribution in [2.24, 2.45) is 0 Å². The second-order valence-electron chi connectivity index (χ2n) is 4.94. The van der Waals surface area contributed by atoms with Crippen LogP contribution in [0, 0.1) is 0 Å². The average Bonchev–Trinajstić information content (AvgIpc) is 2.42. The number of carbonyl (C=O) groups is 2. The number of nitrogens with one attached hydrogen (secondary N) is 1. The van der Waals surface area contributed by atoms with E-state index in [1.54, 1.807) is 13.8 Å². The number of benzene rings is 1. The van der Waals surface area contributed by atoms with E-state index in [4.69, 9.17) is 4.74 Å². The van der Waals surface area contributed by atoms with Crippen molar-refractivity contribution in [3.05, 3.63) is 35.9 Å². The van der Waals surface area contributed by atoms with Gasteiger partial charge in [-0.2, -0.15) is 13.5 Å². The fourth-order valence-electron chi connectivity index (χ4n) is 1.89. The van der Waals surface area contributed by atoms with Crippen molar-refractivity contribution in [2.45, 2.75) is 32.0 Å². The molecule has 0 bridgehead atoms. The molecule has 6 nitrogen and oxygen atoms in total. The van der Waals surface area contributed by atoms with Crippen LogP contribution in [-0.2, 0) is 16.1 Å². The Hall–Kier alpha value is -1.73. The minimum absolute atomic E-state index is 0. The number of amides is 2. The van der Waals surface area contributed by atoms with Crippen LogP contribution < -0.4 is 5.32 Å². The predicted molar refractivity (Wildman–Crippen MR) is 76.6 cm³/mol. The summed E-state index contributed by atoms with van der Waals surface area (Å²) in [6, 6.07) is 8.47. The molecule has 0 aliphatic carbocycles. The number of hydrogen-bond acceptors (Lipinski definition) is 4. The van der Waals surface area contributed by atoms with Crippen LogP contribution in [0.3, 0.4) is 0 Å². The molecule has 1 aliphatic heterocycles. The zero-order valence-electron chi connectivity index (χ0n) is 11.3. The fraction of sp³-hybridized carbons (Fsp3) is 0.385. The highest BCUT2D eigenvalue weighted by Crippen LogP contribution is 2.29. The minimum Gasteiger partial charge on any atom is -0.445 e. The molecule has 1 aliphatic rings. The summed E-state index contributed by atoms with van der Waals surface area (Å²) in [5.74, 6) is -0.540. The molecule has 0 radical (unpaired) electrons. The van der Waals surface area contributed by atoms with Gasteiger partial charge in [0.1, 0.15) is 12.6 Å². The van der Waals surface area contributed by atoms with E-state index in [0.29, 0.717) is 5.06 Å². The zero-order chi connectivity index (χ0) is 14.0. The highest BCUT2D eigenvalue weighted by Gasteiger charge is 2.55. The molecule has 2 N–H and O–H groups in total. The van der Waals surface area contributed by atoms with Gasteiger partial charge in [-0.3, -0.25) is 10.0 Å². The van der Waals surface area contributed by atoms with Crippen LogP contribution >= 0.6 is 13.5 Å². The Morgan fingerprint density at radius 3 is 2.55 bits per heavy atom. The molecule has 110 valence electrons. The molecule has 1 atom stereocenters. The van der Waals surface area contributed by atoms with Gasteiger partial charge in [-0.25, -0.2) is 9.86 Å². The van der Waals surface area contributed by atoms with E-state index in [9.17, 15) is 14.8 Å². The van der Waals surface area contributed by atoms with E-state index in [1.165, 1.54) is 0 Å². The largest absolute Gasteiger partial charge is 0.445 e. The highest BCUT2D eigenvalue weighted by atomic mass is 32.1. The Labute approximate surface area is 124 Å². The maximum absolute atomic E-state index is 11.6. The van der Waals surface area contributed by atoms with E-state index < -0.39 is 23.6 Å². The molecule has 20 heavy (non-hydrogen) atoms. The van der Waals surface area contributed by atoms with Gasteiger partial charge in [0.05, 0.1) is 5.54 Å². The second-order valence-corrected chi connectivity index (χ2v) is 4.94. The van der Waals surface area contributed by atoms with E-state index in [1.807, 2.05) is 30.3 Å². The third-order valence-electron chi connectivity index (χ3n) is 3.18. The summed E-state index contributed by atoms with van der Waals surface area (Å²) in [6.45, 7) is 3.43. The molecule has 0 aromatic heterocycles. The Morgan fingerprint density at radius 1 is 1.40 bits per heavy atom. The number of ether oxygens (including phenoxy) is 1. The van der Waals surface area contributed by atoms with Gasteiger partial charge in [-0.05, 0) is 19.4 Å². The summed E-state index contributed by atoms with van der Waals surface area (Å²) in [5, 5.41) is 12.4. The van der Waals surface area contributed by atoms with Gasteiger partial charge in [0.25, 0.3) is 5.91 Å². The van der Waals surface area contributed by atoms with E-state index in [2.05, 4.69) is 5.32 Å². The average molecular weight is 298 g/mol. The summed E-state index contributed by atoms with van der Waals surface area (Å²) in [7, 11) is 0. The van der Waals surface area contributed by atoms with Crippen molar-refractivity contribution in [1.82, 2.24) is 10.4 Å². The Bertz CT molecular complexity index is 492.